The van der Waals surface area contributed by atoms with Gasteiger partial charge >= 0.3 is 0 Å². The molecule has 0 spiro atoms. The molecule has 4 nitrogen and oxygen atoms in total. The Hall–Kier alpha value is -2.17. The Bertz CT molecular complexity index is 474. The maximum atomic E-state index is 11.1. The topological polar surface area (TPSA) is 58.6 Å². The molecule has 0 fully saturated rings. The molecule has 0 radical (unpaired) electrons. The summed E-state index contributed by atoms with van der Waals surface area (Å²) in [4.78, 5) is 11.1. The van der Waals surface area contributed by atoms with Gasteiger partial charge in [0.25, 0.3) is 5.91 Å². The van der Waals surface area contributed by atoms with E-state index in [1.165, 1.54) is 0 Å². The van der Waals surface area contributed by atoms with Crippen LogP contribution >= 0.6 is 0 Å². The molecule has 2 aromatic rings. The molecule has 0 aliphatic heterocycles. The third-order valence-corrected chi connectivity index (χ3v) is 2.71. The van der Waals surface area contributed by atoms with Crippen molar-refractivity contribution >= 4 is 5.91 Å². The highest BCUT2D eigenvalue weighted by Crippen LogP contribution is 2.25. The minimum absolute atomic E-state index is 0.203. The van der Waals surface area contributed by atoms with Crippen LogP contribution in [0.1, 0.15) is 17.2 Å². The molecule has 1 amide bonds. The van der Waals surface area contributed by atoms with E-state index in [9.17, 15) is 4.79 Å². The summed E-state index contributed by atoms with van der Waals surface area (Å²) in [5, 5.41) is 8.51. The Balaban J connectivity index is 2.21. The predicted molar refractivity (Wildman–Crippen MR) is 70.6 cm³/mol. The highest BCUT2D eigenvalue weighted by atomic mass is 16.5. The van der Waals surface area contributed by atoms with Gasteiger partial charge in [-0.15, -0.1) is 0 Å². The molecular formula is C15H15NO3. The first-order valence-electron chi connectivity index (χ1n) is 5.95. The van der Waals surface area contributed by atoms with E-state index in [2.05, 4.69) is 0 Å². The van der Waals surface area contributed by atoms with E-state index in [0.717, 1.165) is 11.1 Å². The molecule has 0 saturated heterocycles. The second-order valence-electron chi connectivity index (χ2n) is 4.05. The molecule has 98 valence electrons. The Labute approximate surface area is 111 Å². The Kier molecular flexibility index (Phi) is 4.66. The van der Waals surface area contributed by atoms with Crippen molar-refractivity contribution < 1.29 is 14.7 Å². The van der Waals surface area contributed by atoms with Gasteiger partial charge in [-0.25, -0.2) is 5.48 Å². The van der Waals surface area contributed by atoms with Crippen molar-refractivity contribution in [2.24, 2.45) is 0 Å². The van der Waals surface area contributed by atoms with Crippen LogP contribution in [0.2, 0.25) is 0 Å². The standard InChI is InChI=1S/C15H15NO3/c17-14(16-18)11-19-15(12-7-3-1-4-8-12)13-9-5-2-6-10-13/h1-10,15,18H,11H2,(H,16,17). The molecule has 2 rings (SSSR count). The van der Waals surface area contributed by atoms with E-state index >= 15 is 0 Å². The number of benzene rings is 2. The van der Waals surface area contributed by atoms with Crippen molar-refractivity contribution in [2.45, 2.75) is 6.10 Å². The van der Waals surface area contributed by atoms with Gasteiger partial charge in [-0.05, 0) is 11.1 Å². The van der Waals surface area contributed by atoms with Gasteiger partial charge in [0.05, 0.1) is 0 Å². The number of rotatable bonds is 5. The molecule has 2 N–H and O–H groups in total. The molecule has 19 heavy (non-hydrogen) atoms. The van der Waals surface area contributed by atoms with Gasteiger partial charge in [-0.3, -0.25) is 10.0 Å². The van der Waals surface area contributed by atoms with Gasteiger partial charge in [0.1, 0.15) is 12.7 Å². The lowest BCUT2D eigenvalue weighted by molar-refractivity contribution is -0.135. The molecule has 0 aromatic heterocycles. The third-order valence-electron chi connectivity index (χ3n) is 2.71. The van der Waals surface area contributed by atoms with Crippen LogP contribution in [0.5, 0.6) is 0 Å². The number of carbonyl (C=O) groups excluding carboxylic acids is 1. The summed E-state index contributed by atoms with van der Waals surface area (Å²) in [6.07, 6.45) is -0.334. The summed E-state index contributed by atoms with van der Waals surface area (Å²) in [5.41, 5.74) is 3.47. The maximum Gasteiger partial charge on any atom is 0.269 e. The molecule has 0 unspecified atom stereocenters. The van der Waals surface area contributed by atoms with Crippen LogP contribution in [0.15, 0.2) is 60.7 Å². The molecule has 0 heterocycles. The molecule has 0 bridgehead atoms. The minimum atomic E-state index is -0.572. The van der Waals surface area contributed by atoms with Crippen molar-refractivity contribution in [3.05, 3.63) is 71.8 Å². The van der Waals surface area contributed by atoms with Gasteiger partial charge in [0, 0.05) is 0 Å². The van der Waals surface area contributed by atoms with Gasteiger partial charge in [-0.1, -0.05) is 60.7 Å². The van der Waals surface area contributed by atoms with E-state index in [1.807, 2.05) is 60.7 Å². The Morgan fingerprint density at radius 3 is 1.89 bits per heavy atom. The van der Waals surface area contributed by atoms with E-state index < -0.39 is 5.91 Å². The quantitative estimate of drug-likeness (QED) is 0.638. The average Bonchev–Trinajstić information content (AvgIpc) is 2.49. The van der Waals surface area contributed by atoms with E-state index in [1.54, 1.807) is 5.48 Å². The number of nitrogens with one attached hydrogen (secondary N) is 1. The number of hydrogen-bond acceptors (Lipinski definition) is 3. The monoisotopic (exact) mass is 257 g/mol. The number of hydroxylamine groups is 1. The van der Waals surface area contributed by atoms with Crippen molar-refractivity contribution in [3.63, 3.8) is 0 Å². The van der Waals surface area contributed by atoms with Gasteiger partial charge in [0.2, 0.25) is 0 Å². The SMILES string of the molecule is O=C(COC(c1ccccc1)c1ccccc1)NO. The van der Waals surface area contributed by atoms with Crippen LogP contribution in [0.25, 0.3) is 0 Å². The van der Waals surface area contributed by atoms with E-state index in [4.69, 9.17) is 9.94 Å². The van der Waals surface area contributed by atoms with Crippen LogP contribution in [0.3, 0.4) is 0 Å². The second-order valence-corrected chi connectivity index (χ2v) is 4.05. The Morgan fingerprint density at radius 2 is 1.47 bits per heavy atom. The van der Waals surface area contributed by atoms with Crippen LogP contribution in [-0.2, 0) is 9.53 Å². The van der Waals surface area contributed by atoms with Crippen LogP contribution in [0.4, 0.5) is 0 Å². The highest BCUT2D eigenvalue weighted by Gasteiger charge is 2.15. The summed E-state index contributed by atoms with van der Waals surface area (Å²) >= 11 is 0. The van der Waals surface area contributed by atoms with Crippen LogP contribution < -0.4 is 5.48 Å². The molecule has 0 aliphatic carbocycles. The Morgan fingerprint density at radius 1 is 1.00 bits per heavy atom. The smallest absolute Gasteiger partial charge is 0.269 e. The molecule has 0 atom stereocenters. The lowest BCUT2D eigenvalue weighted by atomic mass is 10.0. The largest absolute Gasteiger partial charge is 0.359 e. The molecule has 4 heteroatoms. The molecule has 2 aromatic carbocycles. The third kappa shape index (κ3) is 3.64. The van der Waals surface area contributed by atoms with E-state index in [-0.39, 0.29) is 12.7 Å². The van der Waals surface area contributed by atoms with Gasteiger partial charge in [0.15, 0.2) is 0 Å². The first kappa shape index (κ1) is 13.3. The highest BCUT2D eigenvalue weighted by molar-refractivity contribution is 5.75. The molecule has 0 aliphatic rings. The number of carbonyl (C=O) groups is 1. The number of amides is 1. The van der Waals surface area contributed by atoms with E-state index in [0.29, 0.717) is 0 Å². The normalized spacial score (nSPS) is 10.4. The first-order valence-corrected chi connectivity index (χ1v) is 5.95. The van der Waals surface area contributed by atoms with Crippen molar-refractivity contribution in [1.29, 1.82) is 0 Å². The average molecular weight is 257 g/mol. The van der Waals surface area contributed by atoms with Crippen molar-refractivity contribution in [1.82, 2.24) is 5.48 Å². The minimum Gasteiger partial charge on any atom is -0.359 e. The summed E-state index contributed by atoms with van der Waals surface area (Å²) in [7, 11) is 0. The summed E-state index contributed by atoms with van der Waals surface area (Å²) in [6, 6.07) is 19.3. The zero-order valence-electron chi connectivity index (χ0n) is 10.3. The molecular weight excluding hydrogens is 242 g/mol. The zero-order valence-corrected chi connectivity index (χ0v) is 10.3. The summed E-state index contributed by atoms with van der Waals surface area (Å²) in [6.45, 7) is -0.203. The lowest BCUT2D eigenvalue weighted by Gasteiger charge is -2.18. The fourth-order valence-electron chi connectivity index (χ4n) is 1.83. The number of hydrogen-bond donors (Lipinski definition) is 2. The maximum absolute atomic E-state index is 11.1. The summed E-state index contributed by atoms with van der Waals surface area (Å²) < 4.78 is 5.59. The van der Waals surface area contributed by atoms with Crippen LogP contribution in [0, 0.1) is 0 Å². The van der Waals surface area contributed by atoms with Crippen LogP contribution in [-0.4, -0.2) is 17.7 Å². The van der Waals surface area contributed by atoms with Gasteiger partial charge in [-0.2, -0.15) is 0 Å². The number of ether oxygens (including phenoxy) is 1. The fourth-order valence-corrected chi connectivity index (χ4v) is 1.83. The van der Waals surface area contributed by atoms with Crippen molar-refractivity contribution in [2.75, 3.05) is 6.61 Å². The predicted octanol–water partition coefficient (Wildman–Crippen LogP) is 2.30. The van der Waals surface area contributed by atoms with Gasteiger partial charge < -0.3 is 4.74 Å². The second kappa shape index (κ2) is 6.68. The first-order chi connectivity index (χ1) is 9.31. The summed E-state index contributed by atoms with van der Waals surface area (Å²) in [5.74, 6) is -0.572. The van der Waals surface area contributed by atoms with Crippen molar-refractivity contribution in [3.8, 4) is 0 Å². The molecule has 0 saturated carbocycles. The zero-order chi connectivity index (χ0) is 13.5. The fraction of sp³-hybridized carbons (Fsp3) is 0.133. The lowest BCUT2D eigenvalue weighted by Crippen LogP contribution is -2.25.